The Hall–Kier alpha value is -1.97. The number of rotatable bonds is 2. The molecule has 0 aliphatic heterocycles. The van der Waals surface area contributed by atoms with Gasteiger partial charge in [0.25, 0.3) is 0 Å². The van der Waals surface area contributed by atoms with Crippen LogP contribution in [0.25, 0.3) is 11.0 Å². The minimum atomic E-state index is -0.213. The lowest BCUT2D eigenvalue weighted by atomic mass is 10.2. The standard InChI is InChI=1S/C11H12N2O2/c1-12-11(14)13-7-9-6-8-4-2-3-5-10(8)15-9/h2-6H,7H2,1H3,(H2,12,13,14). The van der Waals surface area contributed by atoms with Crippen LogP contribution in [0.3, 0.4) is 0 Å². The van der Waals surface area contributed by atoms with Crippen molar-refractivity contribution in [1.29, 1.82) is 0 Å². The van der Waals surface area contributed by atoms with E-state index in [1.165, 1.54) is 0 Å². The van der Waals surface area contributed by atoms with Gasteiger partial charge in [-0.2, -0.15) is 0 Å². The number of carbonyl (C=O) groups excluding carboxylic acids is 1. The Morgan fingerprint density at radius 2 is 2.20 bits per heavy atom. The summed E-state index contributed by atoms with van der Waals surface area (Å²) in [6.45, 7) is 0.397. The third-order valence-electron chi connectivity index (χ3n) is 2.13. The van der Waals surface area contributed by atoms with Gasteiger partial charge in [0.15, 0.2) is 0 Å². The smallest absolute Gasteiger partial charge is 0.314 e. The first-order chi connectivity index (χ1) is 7.29. The van der Waals surface area contributed by atoms with Gasteiger partial charge in [-0.15, -0.1) is 0 Å². The predicted octanol–water partition coefficient (Wildman–Crippen LogP) is 1.86. The summed E-state index contributed by atoms with van der Waals surface area (Å²) in [5.74, 6) is 0.750. The lowest BCUT2D eigenvalue weighted by Crippen LogP contribution is -2.31. The molecular weight excluding hydrogens is 192 g/mol. The van der Waals surface area contributed by atoms with Gasteiger partial charge in [-0.05, 0) is 12.1 Å². The average Bonchev–Trinajstić information content (AvgIpc) is 2.68. The maximum atomic E-state index is 10.9. The molecule has 0 aliphatic carbocycles. The zero-order valence-corrected chi connectivity index (χ0v) is 8.41. The van der Waals surface area contributed by atoms with Gasteiger partial charge in [0.2, 0.25) is 0 Å². The highest BCUT2D eigenvalue weighted by Crippen LogP contribution is 2.18. The van der Waals surface area contributed by atoms with Crippen molar-refractivity contribution in [2.24, 2.45) is 0 Å². The number of para-hydroxylation sites is 1. The van der Waals surface area contributed by atoms with Crippen LogP contribution in [0.15, 0.2) is 34.7 Å². The minimum absolute atomic E-state index is 0.213. The second-order valence-corrected chi connectivity index (χ2v) is 3.18. The van der Waals surface area contributed by atoms with Gasteiger partial charge >= 0.3 is 6.03 Å². The molecular formula is C11H12N2O2. The second-order valence-electron chi connectivity index (χ2n) is 3.18. The molecule has 2 N–H and O–H groups in total. The number of furan rings is 1. The van der Waals surface area contributed by atoms with E-state index in [0.717, 1.165) is 16.7 Å². The highest BCUT2D eigenvalue weighted by atomic mass is 16.3. The molecule has 0 fully saturated rings. The zero-order valence-electron chi connectivity index (χ0n) is 8.41. The Balaban J connectivity index is 2.12. The van der Waals surface area contributed by atoms with E-state index in [0.29, 0.717) is 6.54 Å². The molecule has 0 spiro atoms. The molecule has 2 aromatic rings. The number of hydrogen-bond donors (Lipinski definition) is 2. The van der Waals surface area contributed by atoms with Crippen molar-refractivity contribution in [3.63, 3.8) is 0 Å². The molecule has 15 heavy (non-hydrogen) atoms. The van der Waals surface area contributed by atoms with Crippen LogP contribution in [0.1, 0.15) is 5.76 Å². The molecule has 0 saturated heterocycles. The van der Waals surface area contributed by atoms with Gasteiger partial charge in [-0.3, -0.25) is 0 Å². The summed E-state index contributed by atoms with van der Waals surface area (Å²) in [5, 5.41) is 6.19. The summed E-state index contributed by atoms with van der Waals surface area (Å²) in [6, 6.07) is 9.46. The molecule has 2 rings (SSSR count). The van der Waals surface area contributed by atoms with Crippen molar-refractivity contribution >= 4 is 17.0 Å². The normalized spacial score (nSPS) is 10.2. The number of fused-ring (bicyclic) bond motifs is 1. The van der Waals surface area contributed by atoms with E-state index in [1.54, 1.807) is 7.05 Å². The van der Waals surface area contributed by atoms with Gasteiger partial charge in [-0.1, -0.05) is 18.2 Å². The van der Waals surface area contributed by atoms with Crippen LogP contribution in [0.4, 0.5) is 4.79 Å². The quantitative estimate of drug-likeness (QED) is 0.784. The lowest BCUT2D eigenvalue weighted by Gasteiger charge is -2.00. The molecule has 0 unspecified atom stereocenters. The van der Waals surface area contributed by atoms with Gasteiger partial charge in [0, 0.05) is 12.4 Å². The summed E-state index contributed by atoms with van der Waals surface area (Å²) in [6.07, 6.45) is 0. The highest BCUT2D eigenvalue weighted by molar-refractivity contribution is 5.78. The first-order valence-electron chi connectivity index (χ1n) is 4.72. The number of carbonyl (C=O) groups is 1. The third kappa shape index (κ3) is 2.10. The third-order valence-corrected chi connectivity index (χ3v) is 2.13. The van der Waals surface area contributed by atoms with E-state index < -0.39 is 0 Å². The molecule has 4 heteroatoms. The molecule has 2 amide bonds. The van der Waals surface area contributed by atoms with Crippen LogP contribution in [0.2, 0.25) is 0 Å². The van der Waals surface area contributed by atoms with E-state index in [2.05, 4.69) is 10.6 Å². The van der Waals surface area contributed by atoms with Gasteiger partial charge in [0.1, 0.15) is 11.3 Å². The summed E-state index contributed by atoms with van der Waals surface area (Å²) in [7, 11) is 1.58. The van der Waals surface area contributed by atoms with E-state index in [9.17, 15) is 4.79 Å². The Labute approximate surface area is 87.3 Å². The Kier molecular flexibility index (Phi) is 2.58. The zero-order chi connectivity index (χ0) is 10.7. The molecule has 1 aromatic carbocycles. The fourth-order valence-corrected chi connectivity index (χ4v) is 1.38. The van der Waals surface area contributed by atoms with Crippen molar-refractivity contribution in [3.05, 3.63) is 36.1 Å². The van der Waals surface area contributed by atoms with E-state index in [1.807, 2.05) is 30.3 Å². The van der Waals surface area contributed by atoms with E-state index in [-0.39, 0.29) is 6.03 Å². The predicted molar refractivity (Wildman–Crippen MR) is 57.5 cm³/mol. The van der Waals surface area contributed by atoms with Crippen molar-refractivity contribution < 1.29 is 9.21 Å². The molecule has 78 valence electrons. The van der Waals surface area contributed by atoms with Crippen molar-refractivity contribution in [3.8, 4) is 0 Å². The number of hydrogen-bond acceptors (Lipinski definition) is 2. The Bertz CT molecular complexity index is 443. The van der Waals surface area contributed by atoms with Gasteiger partial charge in [-0.25, -0.2) is 4.79 Å². The molecule has 0 bridgehead atoms. The maximum absolute atomic E-state index is 10.9. The van der Waals surface area contributed by atoms with Crippen LogP contribution < -0.4 is 10.6 Å². The molecule has 4 nitrogen and oxygen atoms in total. The van der Waals surface area contributed by atoms with Crippen LogP contribution in [-0.4, -0.2) is 13.1 Å². The van der Waals surface area contributed by atoms with Crippen LogP contribution in [0, 0.1) is 0 Å². The first kappa shape index (κ1) is 9.58. The molecule has 1 aromatic heterocycles. The Morgan fingerprint density at radius 1 is 1.40 bits per heavy atom. The summed E-state index contributed by atoms with van der Waals surface area (Å²) in [5.41, 5.74) is 0.839. The molecule has 0 radical (unpaired) electrons. The fraction of sp³-hybridized carbons (Fsp3) is 0.182. The molecule has 0 atom stereocenters. The SMILES string of the molecule is CNC(=O)NCc1cc2ccccc2o1. The van der Waals surface area contributed by atoms with Crippen LogP contribution in [0.5, 0.6) is 0 Å². The molecule has 0 aliphatic rings. The number of urea groups is 1. The number of benzene rings is 1. The minimum Gasteiger partial charge on any atom is -0.459 e. The Morgan fingerprint density at radius 3 is 2.93 bits per heavy atom. The van der Waals surface area contributed by atoms with Crippen molar-refractivity contribution in [1.82, 2.24) is 10.6 Å². The van der Waals surface area contributed by atoms with E-state index >= 15 is 0 Å². The summed E-state index contributed by atoms with van der Waals surface area (Å²) < 4.78 is 5.52. The average molecular weight is 204 g/mol. The topological polar surface area (TPSA) is 54.3 Å². The largest absolute Gasteiger partial charge is 0.459 e. The summed E-state index contributed by atoms with van der Waals surface area (Å²) in [4.78, 5) is 10.9. The van der Waals surface area contributed by atoms with E-state index in [4.69, 9.17) is 4.42 Å². The van der Waals surface area contributed by atoms with Crippen LogP contribution >= 0.6 is 0 Å². The second kappa shape index (κ2) is 4.04. The fourth-order valence-electron chi connectivity index (χ4n) is 1.38. The van der Waals surface area contributed by atoms with Crippen molar-refractivity contribution in [2.45, 2.75) is 6.54 Å². The highest BCUT2D eigenvalue weighted by Gasteiger charge is 2.03. The van der Waals surface area contributed by atoms with Gasteiger partial charge in [0.05, 0.1) is 6.54 Å². The first-order valence-corrected chi connectivity index (χ1v) is 4.72. The maximum Gasteiger partial charge on any atom is 0.314 e. The monoisotopic (exact) mass is 204 g/mol. The lowest BCUT2D eigenvalue weighted by molar-refractivity contribution is 0.241. The van der Waals surface area contributed by atoms with Crippen LogP contribution in [-0.2, 0) is 6.54 Å². The van der Waals surface area contributed by atoms with Crippen molar-refractivity contribution in [2.75, 3.05) is 7.05 Å². The number of nitrogens with one attached hydrogen (secondary N) is 2. The van der Waals surface area contributed by atoms with Gasteiger partial charge < -0.3 is 15.1 Å². The summed E-state index contributed by atoms with van der Waals surface area (Å²) >= 11 is 0. The molecule has 0 saturated carbocycles. The molecule has 1 heterocycles. The number of amides is 2.